The van der Waals surface area contributed by atoms with Crippen LogP contribution in [-0.4, -0.2) is 13.1 Å². The summed E-state index contributed by atoms with van der Waals surface area (Å²) >= 11 is 6.44. The Morgan fingerprint density at radius 1 is 1.38 bits per heavy atom. The SMILES string of the molecule is CC1(Cl)CNCCc2ccccc21. The molecule has 1 unspecified atom stereocenters. The molecule has 1 heterocycles. The van der Waals surface area contributed by atoms with Gasteiger partial charge in [0.15, 0.2) is 0 Å². The zero-order valence-electron chi connectivity index (χ0n) is 7.81. The van der Waals surface area contributed by atoms with E-state index in [0.29, 0.717) is 0 Å². The molecular formula is C11H14ClN. The van der Waals surface area contributed by atoms with Crippen molar-refractivity contribution in [1.29, 1.82) is 0 Å². The summed E-state index contributed by atoms with van der Waals surface area (Å²) in [5.41, 5.74) is 2.66. The van der Waals surface area contributed by atoms with Gasteiger partial charge in [-0.25, -0.2) is 0 Å². The molecule has 0 fully saturated rings. The monoisotopic (exact) mass is 195 g/mol. The first-order chi connectivity index (χ1) is 6.20. The third-order valence-electron chi connectivity index (χ3n) is 2.61. The van der Waals surface area contributed by atoms with E-state index in [1.165, 1.54) is 11.1 Å². The van der Waals surface area contributed by atoms with Crippen molar-refractivity contribution in [1.82, 2.24) is 5.32 Å². The van der Waals surface area contributed by atoms with Gasteiger partial charge in [-0.05, 0) is 31.0 Å². The first-order valence-electron chi connectivity index (χ1n) is 4.68. The van der Waals surface area contributed by atoms with Crippen LogP contribution in [0.4, 0.5) is 0 Å². The van der Waals surface area contributed by atoms with Crippen LogP contribution in [0.5, 0.6) is 0 Å². The summed E-state index contributed by atoms with van der Waals surface area (Å²) in [7, 11) is 0. The average molecular weight is 196 g/mol. The van der Waals surface area contributed by atoms with Crippen LogP contribution in [0.25, 0.3) is 0 Å². The molecule has 0 spiro atoms. The molecule has 0 amide bonds. The Bertz CT molecular complexity index is 307. The number of halogens is 1. The highest BCUT2D eigenvalue weighted by molar-refractivity contribution is 6.24. The molecule has 70 valence electrons. The van der Waals surface area contributed by atoms with Crippen LogP contribution in [0.3, 0.4) is 0 Å². The quantitative estimate of drug-likeness (QED) is 0.627. The predicted molar refractivity (Wildman–Crippen MR) is 56.2 cm³/mol. The molecule has 1 aliphatic heterocycles. The van der Waals surface area contributed by atoms with E-state index >= 15 is 0 Å². The van der Waals surface area contributed by atoms with Crippen molar-refractivity contribution < 1.29 is 0 Å². The highest BCUT2D eigenvalue weighted by atomic mass is 35.5. The highest BCUT2D eigenvalue weighted by Crippen LogP contribution is 2.32. The van der Waals surface area contributed by atoms with Gasteiger partial charge in [0.25, 0.3) is 0 Å². The standard InChI is InChI=1S/C11H14ClN/c1-11(12)8-13-7-6-9-4-2-3-5-10(9)11/h2-5,13H,6-8H2,1H3. The van der Waals surface area contributed by atoms with E-state index < -0.39 is 0 Å². The second-order valence-electron chi connectivity index (χ2n) is 3.78. The fourth-order valence-corrected chi connectivity index (χ4v) is 2.17. The van der Waals surface area contributed by atoms with Gasteiger partial charge >= 0.3 is 0 Å². The second-order valence-corrected chi connectivity index (χ2v) is 4.62. The van der Waals surface area contributed by atoms with Gasteiger partial charge in [-0.3, -0.25) is 0 Å². The minimum Gasteiger partial charge on any atom is -0.314 e. The van der Waals surface area contributed by atoms with Crippen molar-refractivity contribution in [3.63, 3.8) is 0 Å². The van der Waals surface area contributed by atoms with Gasteiger partial charge in [0, 0.05) is 6.54 Å². The number of nitrogens with one attached hydrogen (secondary N) is 1. The van der Waals surface area contributed by atoms with Gasteiger partial charge in [0.2, 0.25) is 0 Å². The smallest absolute Gasteiger partial charge is 0.0793 e. The third-order valence-corrected chi connectivity index (χ3v) is 2.94. The van der Waals surface area contributed by atoms with Crippen LogP contribution in [0.15, 0.2) is 24.3 Å². The molecule has 1 atom stereocenters. The summed E-state index contributed by atoms with van der Waals surface area (Å²) in [5, 5.41) is 3.35. The van der Waals surface area contributed by atoms with Gasteiger partial charge in [0.05, 0.1) is 4.87 Å². The Hall–Kier alpha value is -0.530. The Balaban J connectivity index is 2.48. The average Bonchev–Trinajstić information content (AvgIpc) is 2.26. The summed E-state index contributed by atoms with van der Waals surface area (Å²) in [4.78, 5) is -0.243. The van der Waals surface area contributed by atoms with Crippen LogP contribution in [0.1, 0.15) is 18.1 Å². The van der Waals surface area contributed by atoms with Crippen molar-refractivity contribution in [2.75, 3.05) is 13.1 Å². The summed E-state index contributed by atoms with van der Waals surface area (Å²) in [5.74, 6) is 0. The molecule has 0 aromatic heterocycles. The third kappa shape index (κ3) is 1.72. The minimum absolute atomic E-state index is 0.243. The molecule has 0 radical (unpaired) electrons. The zero-order chi connectivity index (χ0) is 9.31. The summed E-state index contributed by atoms with van der Waals surface area (Å²) in [6, 6.07) is 8.44. The van der Waals surface area contributed by atoms with Gasteiger partial charge in [-0.2, -0.15) is 0 Å². The van der Waals surface area contributed by atoms with Crippen molar-refractivity contribution in [2.45, 2.75) is 18.2 Å². The van der Waals surface area contributed by atoms with Crippen molar-refractivity contribution in [3.8, 4) is 0 Å². The Labute approximate surface area is 84.1 Å². The van der Waals surface area contributed by atoms with E-state index in [0.717, 1.165) is 19.5 Å². The number of hydrogen-bond acceptors (Lipinski definition) is 1. The number of hydrogen-bond donors (Lipinski definition) is 1. The fraction of sp³-hybridized carbons (Fsp3) is 0.455. The Morgan fingerprint density at radius 2 is 2.15 bits per heavy atom. The molecule has 1 aliphatic rings. The molecule has 13 heavy (non-hydrogen) atoms. The molecule has 2 heteroatoms. The summed E-state index contributed by atoms with van der Waals surface area (Å²) in [6.07, 6.45) is 1.08. The van der Waals surface area contributed by atoms with Crippen LogP contribution in [0.2, 0.25) is 0 Å². The molecule has 1 nitrogen and oxygen atoms in total. The van der Waals surface area contributed by atoms with E-state index in [2.05, 4.69) is 36.5 Å². The summed E-state index contributed by atoms with van der Waals surface area (Å²) < 4.78 is 0. The first-order valence-corrected chi connectivity index (χ1v) is 5.06. The molecule has 0 saturated carbocycles. The Kier molecular flexibility index (Phi) is 2.31. The van der Waals surface area contributed by atoms with Crippen molar-refractivity contribution >= 4 is 11.6 Å². The number of rotatable bonds is 0. The van der Waals surface area contributed by atoms with Crippen molar-refractivity contribution in [2.24, 2.45) is 0 Å². The highest BCUT2D eigenvalue weighted by Gasteiger charge is 2.27. The van der Waals surface area contributed by atoms with E-state index in [9.17, 15) is 0 Å². The van der Waals surface area contributed by atoms with Crippen LogP contribution < -0.4 is 5.32 Å². The van der Waals surface area contributed by atoms with Crippen LogP contribution in [-0.2, 0) is 11.3 Å². The largest absolute Gasteiger partial charge is 0.314 e. The lowest BCUT2D eigenvalue weighted by atomic mass is 9.95. The molecule has 0 saturated heterocycles. The number of benzene rings is 1. The Morgan fingerprint density at radius 3 is 3.00 bits per heavy atom. The van der Waals surface area contributed by atoms with E-state index in [-0.39, 0.29) is 4.87 Å². The second kappa shape index (κ2) is 3.32. The molecular weight excluding hydrogens is 182 g/mol. The van der Waals surface area contributed by atoms with Crippen LogP contribution in [0, 0.1) is 0 Å². The first kappa shape index (κ1) is 9.04. The van der Waals surface area contributed by atoms with E-state index in [1.807, 2.05) is 0 Å². The molecule has 1 aromatic rings. The maximum absolute atomic E-state index is 6.44. The zero-order valence-corrected chi connectivity index (χ0v) is 8.56. The normalized spacial score (nSPS) is 27.8. The summed E-state index contributed by atoms with van der Waals surface area (Å²) in [6.45, 7) is 3.95. The van der Waals surface area contributed by atoms with Gasteiger partial charge in [0.1, 0.15) is 0 Å². The molecule has 0 bridgehead atoms. The maximum atomic E-state index is 6.44. The van der Waals surface area contributed by atoms with Gasteiger partial charge < -0.3 is 5.32 Å². The topological polar surface area (TPSA) is 12.0 Å². The lowest BCUT2D eigenvalue weighted by Crippen LogP contribution is -2.29. The van der Waals surface area contributed by atoms with E-state index in [4.69, 9.17) is 11.6 Å². The molecule has 1 aromatic carbocycles. The number of alkyl halides is 1. The molecule has 1 N–H and O–H groups in total. The van der Waals surface area contributed by atoms with E-state index in [1.54, 1.807) is 0 Å². The van der Waals surface area contributed by atoms with Crippen LogP contribution >= 0.6 is 11.6 Å². The van der Waals surface area contributed by atoms with Crippen molar-refractivity contribution in [3.05, 3.63) is 35.4 Å². The minimum atomic E-state index is -0.243. The predicted octanol–water partition coefficient (Wildman–Crippen LogP) is 2.29. The van der Waals surface area contributed by atoms with Gasteiger partial charge in [-0.15, -0.1) is 11.6 Å². The fourth-order valence-electron chi connectivity index (χ4n) is 1.89. The number of fused-ring (bicyclic) bond motifs is 1. The maximum Gasteiger partial charge on any atom is 0.0793 e. The molecule has 0 aliphatic carbocycles. The lowest BCUT2D eigenvalue weighted by molar-refractivity contribution is 0.595. The lowest BCUT2D eigenvalue weighted by Gasteiger charge is -2.22. The molecule has 2 rings (SSSR count). The van der Waals surface area contributed by atoms with Gasteiger partial charge in [-0.1, -0.05) is 24.3 Å².